The van der Waals surface area contributed by atoms with Crippen molar-refractivity contribution in [2.24, 2.45) is 5.73 Å². The van der Waals surface area contributed by atoms with Crippen LogP contribution < -0.4 is 17.0 Å². The highest BCUT2D eigenvalue weighted by molar-refractivity contribution is 7.14. The number of thiophene rings is 1. The summed E-state index contributed by atoms with van der Waals surface area (Å²) in [5.74, 6) is 5.82. The number of nitrogens with one attached hydrogen (secondary N) is 2. The quantitative estimate of drug-likeness (QED) is 0.410. The lowest BCUT2D eigenvalue weighted by Gasteiger charge is -1.95. The molecule has 0 radical (unpaired) electrons. The Labute approximate surface area is 147 Å². The number of H-pyrrole nitrogens is 2. The van der Waals surface area contributed by atoms with Crippen molar-refractivity contribution in [2.45, 2.75) is 25.7 Å². The number of fused-ring (bicyclic) bond motifs is 1. The third kappa shape index (κ3) is 4.08. The third-order valence-electron chi connectivity index (χ3n) is 3.63. The number of amides is 1. The van der Waals surface area contributed by atoms with E-state index in [1.165, 1.54) is 11.3 Å². The average Bonchev–Trinajstić information content (AvgIpc) is 3.17. The highest BCUT2D eigenvalue weighted by Crippen LogP contribution is 2.15. The number of aromatic amines is 2. The normalized spacial score (nSPS) is 10.6. The molecule has 0 aliphatic rings. The van der Waals surface area contributed by atoms with Crippen molar-refractivity contribution in [3.05, 3.63) is 44.0 Å². The van der Waals surface area contributed by atoms with Crippen molar-refractivity contribution in [1.82, 2.24) is 15.0 Å². The SMILES string of the molecule is NC(=O)c1ccc(C#CCCCCc2cc3c(=O)[nH]c(N)nc3[nH]2)s1. The average molecular weight is 355 g/mol. The summed E-state index contributed by atoms with van der Waals surface area (Å²) in [5.41, 5.74) is 12.0. The smallest absolute Gasteiger partial charge is 0.261 e. The van der Waals surface area contributed by atoms with Gasteiger partial charge in [-0.25, -0.2) is 0 Å². The number of nitrogens with zero attached hydrogens (tertiary/aromatic N) is 1. The first kappa shape index (κ1) is 16.8. The Morgan fingerprint density at radius 3 is 2.88 bits per heavy atom. The van der Waals surface area contributed by atoms with E-state index in [1.54, 1.807) is 12.1 Å². The number of unbranched alkanes of at least 4 members (excludes halogenated alkanes) is 2. The van der Waals surface area contributed by atoms with Gasteiger partial charge < -0.3 is 16.5 Å². The maximum atomic E-state index is 11.8. The summed E-state index contributed by atoms with van der Waals surface area (Å²) in [5, 5.41) is 0.520. The van der Waals surface area contributed by atoms with Crippen molar-refractivity contribution < 1.29 is 4.79 Å². The minimum Gasteiger partial charge on any atom is -0.369 e. The van der Waals surface area contributed by atoms with E-state index in [0.29, 0.717) is 15.9 Å². The fourth-order valence-electron chi connectivity index (χ4n) is 2.44. The zero-order chi connectivity index (χ0) is 17.8. The summed E-state index contributed by atoms with van der Waals surface area (Å²) in [6.07, 6.45) is 3.44. The molecule has 7 nitrogen and oxygen atoms in total. The molecule has 0 unspecified atom stereocenters. The number of nitrogens with two attached hydrogens (primary N) is 2. The largest absolute Gasteiger partial charge is 0.369 e. The van der Waals surface area contributed by atoms with Gasteiger partial charge in [0.15, 0.2) is 0 Å². The second-order valence-corrected chi connectivity index (χ2v) is 6.63. The molecule has 6 N–H and O–H groups in total. The van der Waals surface area contributed by atoms with Gasteiger partial charge in [-0.2, -0.15) is 4.98 Å². The van der Waals surface area contributed by atoms with E-state index in [2.05, 4.69) is 26.8 Å². The monoisotopic (exact) mass is 355 g/mol. The van der Waals surface area contributed by atoms with Crippen LogP contribution in [0, 0.1) is 11.8 Å². The Balaban J connectivity index is 1.50. The van der Waals surface area contributed by atoms with E-state index >= 15 is 0 Å². The van der Waals surface area contributed by atoms with Crippen LogP contribution in [0.4, 0.5) is 5.95 Å². The molecule has 0 bridgehead atoms. The second kappa shape index (κ2) is 7.23. The third-order valence-corrected chi connectivity index (χ3v) is 4.64. The highest BCUT2D eigenvalue weighted by atomic mass is 32.1. The molecule has 0 atom stereocenters. The van der Waals surface area contributed by atoms with Gasteiger partial charge in [-0.3, -0.25) is 14.6 Å². The van der Waals surface area contributed by atoms with E-state index in [0.717, 1.165) is 36.3 Å². The fraction of sp³-hybridized carbons (Fsp3) is 0.235. The first-order valence-corrected chi connectivity index (χ1v) is 8.60. The molecule has 0 aliphatic heterocycles. The maximum absolute atomic E-state index is 11.8. The second-order valence-electron chi connectivity index (χ2n) is 5.55. The van der Waals surface area contributed by atoms with Crippen LogP contribution >= 0.6 is 11.3 Å². The number of carbonyl (C=O) groups excluding carboxylic acids is 1. The molecule has 128 valence electrons. The lowest BCUT2D eigenvalue weighted by Crippen LogP contribution is -2.09. The number of hydrogen-bond acceptors (Lipinski definition) is 5. The summed E-state index contributed by atoms with van der Waals surface area (Å²) in [6.45, 7) is 0. The van der Waals surface area contributed by atoms with E-state index in [9.17, 15) is 9.59 Å². The molecule has 3 aromatic rings. The van der Waals surface area contributed by atoms with Crippen LogP contribution in [0.1, 0.15) is 39.5 Å². The van der Waals surface area contributed by atoms with Gasteiger partial charge in [-0.05, 0) is 37.5 Å². The van der Waals surface area contributed by atoms with E-state index in [4.69, 9.17) is 11.5 Å². The van der Waals surface area contributed by atoms with Crippen molar-refractivity contribution in [3.8, 4) is 11.8 Å². The molecular formula is C17H17N5O2S. The number of rotatable bonds is 5. The summed E-state index contributed by atoms with van der Waals surface area (Å²) in [4.78, 5) is 33.8. The molecule has 8 heteroatoms. The van der Waals surface area contributed by atoms with Crippen molar-refractivity contribution in [3.63, 3.8) is 0 Å². The lowest BCUT2D eigenvalue weighted by molar-refractivity contribution is 0.100. The number of aryl methyl sites for hydroxylation is 1. The molecule has 0 saturated heterocycles. The minimum absolute atomic E-state index is 0.106. The van der Waals surface area contributed by atoms with Crippen molar-refractivity contribution >= 4 is 34.2 Å². The van der Waals surface area contributed by atoms with Crippen LogP contribution in [-0.4, -0.2) is 20.9 Å². The molecule has 3 heterocycles. The van der Waals surface area contributed by atoms with Crippen LogP contribution in [0.2, 0.25) is 0 Å². The van der Waals surface area contributed by atoms with Gasteiger partial charge in [0.25, 0.3) is 11.5 Å². The van der Waals surface area contributed by atoms with Crippen LogP contribution in [0.25, 0.3) is 11.0 Å². The van der Waals surface area contributed by atoms with E-state index < -0.39 is 5.91 Å². The van der Waals surface area contributed by atoms with Crippen LogP contribution in [0.15, 0.2) is 23.0 Å². The standard InChI is InChI=1S/C17H17N5O2S/c18-14(23)13-8-7-11(25-13)6-4-2-1-3-5-10-9-12-15(20-10)21-17(19)22-16(12)24/h7-9H,1-3,5H2,(H2,18,23)(H4,19,20,21,22,24). The van der Waals surface area contributed by atoms with Gasteiger partial charge in [0.05, 0.1) is 15.1 Å². The van der Waals surface area contributed by atoms with Gasteiger partial charge in [0.2, 0.25) is 5.95 Å². The number of anilines is 1. The number of hydrogen-bond donors (Lipinski definition) is 4. The Kier molecular flexibility index (Phi) is 4.86. The molecule has 25 heavy (non-hydrogen) atoms. The zero-order valence-electron chi connectivity index (χ0n) is 13.4. The molecule has 0 saturated carbocycles. The van der Waals surface area contributed by atoms with Gasteiger partial charge in [-0.1, -0.05) is 11.8 Å². The van der Waals surface area contributed by atoms with Gasteiger partial charge in [0, 0.05) is 12.1 Å². The Hall–Kier alpha value is -3.05. The van der Waals surface area contributed by atoms with E-state index in [-0.39, 0.29) is 11.5 Å². The summed E-state index contributed by atoms with van der Waals surface area (Å²) >= 11 is 1.30. The first-order valence-electron chi connectivity index (χ1n) is 7.79. The Morgan fingerprint density at radius 1 is 1.28 bits per heavy atom. The summed E-state index contributed by atoms with van der Waals surface area (Å²) in [7, 11) is 0. The molecule has 0 aliphatic carbocycles. The maximum Gasteiger partial charge on any atom is 0.261 e. The lowest BCUT2D eigenvalue weighted by atomic mass is 10.1. The number of aromatic nitrogens is 3. The number of primary amides is 1. The Morgan fingerprint density at radius 2 is 2.12 bits per heavy atom. The first-order chi connectivity index (χ1) is 12.0. The number of carbonyl (C=O) groups is 1. The molecule has 0 aromatic carbocycles. The van der Waals surface area contributed by atoms with Crippen molar-refractivity contribution in [2.75, 3.05) is 5.73 Å². The fourth-order valence-corrected chi connectivity index (χ4v) is 3.17. The molecule has 3 rings (SSSR count). The predicted octanol–water partition coefficient (Wildman–Crippen LogP) is 1.76. The van der Waals surface area contributed by atoms with Gasteiger partial charge >= 0.3 is 0 Å². The summed E-state index contributed by atoms with van der Waals surface area (Å²) < 4.78 is 0. The van der Waals surface area contributed by atoms with Crippen molar-refractivity contribution in [1.29, 1.82) is 0 Å². The predicted molar refractivity (Wildman–Crippen MR) is 98.4 cm³/mol. The highest BCUT2D eigenvalue weighted by Gasteiger charge is 2.06. The zero-order valence-corrected chi connectivity index (χ0v) is 14.2. The van der Waals surface area contributed by atoms with Gasteiger partial charge in [0.1, 0.15) is 5.65 Å². The van der Waals surface area contributed by atoms with Crippen LogP contribution in [0.3, 0.4) is 0 Å². The summed E-state index contributed by atoms with van der Waals surface area (Å²) in [6, 6.07) is 5.30. The molecular weight excluding hydrogens is 338 g/mol. The van der Waals surface area contributed by atoms with E-state index in [1.807, 2.05) is 6.07 Å². The number of nitrogen functional groups attached to an aromatic ring is 1. The minimum atomic E-state index is -0.425. The topological polar surface area (TPSA) is 131 Å². The molecule has 0 spiro atoms. The molecule has 3 aromatic heterocycles. The molecule has 0 fully saturated rings. The van der Waals surface area contributed by atoms with Crippen LogP contribution in [0.5, 0.6) is 0 Å². The molecule has 1 amide bonds. The van der Waals surface area contributed by atoms with Crippen LogP contribution in [-0.2, 0) is 6.42 Å². The van der Waals surface area contributed by atoms with Gasteiger partial charge in [-0.15, -0.1) is 11.3 Å². The Bertz CT molecular complexity index is 1030.